The highest BCUT2D eigenvalue weighted by Crippen LogP contribution is 2.33. The Hall–Kier alpha value is -1.23. The highest BCUT2D eigenvalue weighted by atomic mass is 35.5. The zero-order chi connectivity index (χ0) is 14.5. The molecule has 3 nitrogen and oxygen atoms in total. The average molecular weight is 312 g/mol. The summed E-state index contributed by atoms with van der Waals surface area (Å²) in [4.78, 5) is 1.04. The number of nitrogens with two attached hydrogens (primary N) is 1. The molecule has 0 aliphatic rings. The molecule has 5 heteroatoms. The lowest BCUT2D eigenvalue weighted by Gasteiger charge is -2.23. The SMILES string of the molecule is CCC(N)C(Oc1ccc(OC)cc1)c1ccc(Cl)s1. The van der Waals surface area contributed by atoms with E-state index in [1.54, 1.807) is 7.11 Å². The molecule has 2 unspecified atom stereocenters. The highest BCUT2D eigenvalue weighted by Gasteiger charge is 2.22. The van der Waals surface area contributed by atoms with Crippen molar-refractivity contribution in [3.63, 3.8) is 0 Å². The number of halogens is 1. The van der Waals surface area contributed by atoms with Crippen LogP contribution in [0.4, 0.5) is 0 Å². The lowest BCUT2D eigenvalue weighted by Crippen LogP contribution is -2.30. The minimum atomic E-state index is -0.189. The Morgan fingerprint density at radius 1 is 1.15 bits per heavy atom. The second kappa shape index (κ2) is 6.97. The number of rotatable bonds is 6. The second-order valence-corrected chi connectivity index (χ2v) is 6.17. The number of hydrogen-bond donors (Lipinski definition) is 1. The van der Waals surface area contributed by atoms with Crippen LogP contribution < -0.4 is 15.2 Å². The molecule has 2 rings (SSSR count). The standard InChI is InChI=1S/C15H18ClNO2S/c1-3-12(17)15(13-8-9-14(16)20-13)19-11-6-4-10(18-2)5-7-11/h4-9,12,15H,3,17H2,1-2H3. The normalized spacial score (nSPS) is 13.8. The van der Waals surface area contributed by atoms with Crippen molar-refractivity contribution in [2.45, 2.75) is 25.5 Å². The first-order valence-corrected chi connectivity index (χ1v) is 7.65. The second-order valence-electron chi connectivity index (χ2n) is 4.43. The van der Waals surface area contributed by atoms with Crippen molar-refractivity contribution in [2.75, 3.05) is 7.11 Å². The van der Waals surface area contributed by atoms with E-state index in [4.69, 9.17) is 26.8 Å². The van der Waals surface area contributed by atoms with E-state index in [0.717, 1.165) is 27.1 Å². The van der Waals surface area contributed by atoms with Gasteiger partial charge in [-0.2, -0.15) is 0 Å². The van der Waals surface area contributed by atoms with Crippen molar-refractivity contribution in [1.29, 1.82) is 0 Å². The van der Waals surface area contributed by atoms with Crippen LogP contribution in [0, 0.1) is 0 Å². The van der Waals surface area contributed by atoms with E-state index in [1.807, 2.05) is 43.3 Å². The summed E-state index contributed by atoms with van der Waals surface area (Å²) in [5.41, 5.74) is 6.18. The van der Waals surface area contributed by atoms with Gasteiger partial charge in [-0.15, -0.1) is 11.3 Å². The number of benzene rings is 1. The van der Waals surface area contributed by atoms with Crippen LogP contribution in [0.5, 0.6) is 11.5 Å². The fraction of sp³-hybridized carbons (Fsp3) is 0.333. The van der Waals surface area contributed by atoms with Crippen LogP contribution in [-0.4, -0.2) is 13.2 Å². The van der Waals surface area contributed by atoms with Crippen LogP contribution in [-0.2, 0) is 0 Å². The maximum absolute atomic E-state index is 6.18. The Labute approximate surface area is 128 Å². The van der Waals surface area contributed by atoms with E-state index in [1.165, 1.54) is 11.3 Å². The lowest BCUT2D eigenvalue weighted by molar-refractivity contribution is 0.174. The van der Waals surface area contributed by atoms with E-state index < -0.39 is 0 Å². The van der Waals surface area contributed by atoms with Crippen LogP contribution in [0.2, 0.25) is 4.34 Å². The average Bonchev–Trinajstić information content (AvgIpc) is 2.91. The molecule has 0 spiro atoms. The fourth-order valence-electron chi connectivity index (χ4n) is 1.85. The van der Waals surface area contributed by atoms with Gasteiger partial charge < -0.3 is 15.2 Å². The van der Waals surface area contributed by atoms with Crippen LogP contribution in [0.15, 0.2) is 36.4 Å². The summed E-state index contributed by atoms with van der Waals surface area (Å²) in [6, 6.07) is 11.3. The Morgan fingerprint density at radius 2 is 1.80 bits per heavy atom. The lowest BCUT2D eigenvalue weighted by atomic mass is 10.1. The van der Waals surface area contributed by atoms with E-state index in [2.05, 4.69) is 0 Å². The molecule has 108 valence electrons. The van der Waals surface area contributed by atoms with Gasteiger partial charge in [0.05, 0.1) is 11.4 Å². The number of thiophene rings is 1. The van der Waals surface area contributed by atoms with Gasteiger partial charge in [0.25, 0.3) is 0 Å². The Balaban J connectivity index is 2.18. The van der Waals surface area contributed by atoms with Crippen molar-refractivity contribution in [3.8, 4) is 11.5 Å². The molecule has 20 heavy (non-hydrogen) atoms. The maximum Gasteiger partial charge on any atom is 0.148 e. The molecular weight excluding hydrogens is 294 g/mol. The molecule has 2 aromatic rings. The van der Waals surface area contributed by atoms with Gasteiger partial charge in [-0.25, -0.2) is 0 Å². The third-order valence-electron chi connectivity index (χ3n) is 3.06. The molecule has 0 saturated carbocycles. The maximum atomic E-state index is 6.18. The van der Waals surface area contributed by atoms with Gasteiger partial charge in [-0.3, -0.25) is 0 Å². The summed E-state index contributed by atoms with van der Waals surface area (Å²) in [6.45, 7) is 2.05. The van der Waals surface area contributed by atoms with Crippen molar-refractivity contribution in [2.24, 2.45) is 5.73 Å². The molecule has 0 aliphatic carbocycles. The first kappa shape index (κ1) is 15.2. The Bertz CT molecular complexity index is 541. The third kappa shape index (κ3) is 3.66. The molecular formula is C15H18ClNO2S. The molecule has 0 aliphatic heterocycles. The molecule has 0 saturated heterocycles. The zero-order valence-electron chi connectivity index (χ0n) is 11.5. The van der Waals surface area contributed by atoms with Crippen molar-refractivity contribution >= 4 is 22.9 Å². The monoisotopic (exact) mass is 311 g/mol. The van der Waals surface area contributed by atoms with Crippen LogP contribution in [0.25, 0.3) is 0 Å². The number of ether oxygens (including phenoxy) is 2. The largest absolute Gasteiger partial charge is 0.497 e. The predicted octanol–water partition coefficient (Wildman–Crippen LogP) is 4.27. The van der Waals surface area contributed by atoms with Crippen molar-refractivity contribution < 1.29 is 9.47 Å². The summed E-state index contributed by atoms with van der Waals surface area (Å²) in [7, 11) is 1.64. The predicted molar refractivity (Wildman–Crippen MR) is 84.0 cm³/mol. The van der Waals surface area contributed by atoms with Gasteiger partial charge in [-0.1, -0.05) is 18.5 Å². The van der Waals surface area contributed by atoms with Gasteiger partial charge in [0.2, 0.25) is 0 Å². The molecule has 2 N–H and O–H groups in total. The van der Waals surface area contributed by atoms with Gasteiger partial charge >= 0.3 is 0 Å². The minimum Gasteiger partial charge on any atom is -0.497 e. The zero-order valence-corrected chi connectivity index (χ0v) is 13.1. The van der Waals surface area contributed by atoms with E-state index >= 15 is 0 Å². The molecule has 0 bridgehead atoms. The van der Waals surface area contributed by atoms with Crippen LogP contribution in [0.3, 0.4) is 0 Å². The Morgan fingerprint density at radius 3 is 2.30 bits per heavy atom. The minimum absolute atomic E-state index is 0.0770. The molecule has 1 aromatic carbocycles. The molecule has 0 radical (unpaired) electrons. The first-order chi connectivity index (χ1) is 9.63. The van der Waals surface area contributed by atoms with Gasteiger partial charge in [0, 0.05) is 10.9 Å². The Kier molecular flexibility index (Phi) is 5.29. The molecule has 0 fully saturated rings. The fourth-order valence-corrected chi connectivity index (χ4v) is 3.02. The topological polar surface area (TPSA) is 44.5 Å². The van der Waals surface area contributed by atoms with Crippen molar-refractivity contribution in [3.05, 3.63) is 45.6 Å². The molecule has 2 atom stereocenters. The third-order valence-corrected chi connectivity index (χ3v) is 4.35. The van der Waals surface area contributed by atoms with E-state index in [9.17, 15) is 0 Å². The molecule has 0 amide bonds. The number of hydrogen-bond acceptors (Lipinski definition) is 4. The number of methoxy groups -OCH3 is 1. The molecule has 1 heterocycles. The van der Waals surface area contributed by atoms with Gasteiger partial charge in [0.1, 0.15) is 17.6 Å². The smallest absolute Gasteiger partial charge is 0.148 e. The highest BCUT2D eigenvalue weighted by molar-refractivity contribution is 7.16. The summed E-state index contributed by atoms with van der Waals surface area (Å²) in [6.07, 6.45) is 0.641. The van der Waals surface area contributed by atoms with E-state index in [-0.39, 0.29) is 12.1 Å². The first-order valence-electron chi connectivity index (χ1n) is 6.45. The molecule has 1 aromatic heterocycles. The van der Waals surface area contributed by atoms with Crippen LogP contribution >= 0.6 is 22.9 Å². The van der Waals surface area contributed by atoms with Crippen molar-refractivity contribution in [1.82, 2.24) is 0 Å². The quantitative estimate of drug-likeness (QED) is 0.866. The summed E-state index contributed by atoms with van der Waals surface area (Å²) in [5.74, 6) is 1.57. The summed E-state index contributed by atoms with van der Waals surface area (Å²) >= 11 is 7.50. The van der Waals surface area contributed by atoms with Gasteiger partial charge in [0.15, 0.2) is 0 Å². The van der Waals surface area contributed by atoms with E-state index in [0.29, 0.717) is 0 Å². The summed E-state index contributed by atoms with van der Waals surface area (Å²) in [5, 5.41) is 0. The van der Waals surface area contributed by atoms with Crippen LogP contribution in [0.1, 0.15) is 24.3 Å². The van der Waals surface area contributed by atoms with Gasteiger partial charge in [-0.05, 0) is 42.8 Å². The summed E-state index contributed by atoms with van der Waals surface area (Å²) < 4.78 is 11.9.